The van der Waals surface area contributed by atoms with E-state index in [4.69, 9.17) is 0 Å². The van der Waals surface area contributed by atoms with Gasteiger partial charge in [0.15, 0.2) is 0 Å². The van der Waals surface area contributed by atoms with E-state index in [9.17, 15) is 9.90 Å². The lowest BCUT2D eigenvalue weighted by Crippen LogP contribution is -2.64. The van der Waals surface area contributed by atoms with Crippen molar-refractivity contribution in [3.8, 4) is 0 Å². The second kappa shape index (κ2) is 6.42. The first-order valence-corrected chi connectivity index (χ1v) is 10.8. The Morgan fingerprint density at radius 2 is 2.03 bits per heavy atom. The molecule has 1 aliphatic carbocycles. The fourth-order valence-electron chi connectivity index (χ4n) is 5.69. The van der Waals surface area contributed by atoms with Crippen LogP contribution in [0.5, 0.6) is 0 Å². The van der Waals surface area contributed by atoms with Gasteiger partial charge in [-0.3, -0.25) is 4.79 Å². The van der Waals surface area contributed by atoms with Crippen LogP contribution >= 0.6 is 0 Å². The van der Waals surface area contributed by atoms with Crippen molar-refractivity contribution in [3.05, 3.63) is 65.0 Å². The summed E-state index contributed by atoms with van der Waals surface area (Å²) < 4.78 is 0. The largest absolute Gasteiger partial charge is 0.389 e. The molecule has 0 radical (unpaired) electrons. The van der Waals surface area contributed by atoms with Gasteiger partial charge in [0.2, 0.25) is 0 Å². The summed E-state index contributed by atoms with van der Waals surface area (Å²) in [5.41, 5.74) is 5.98. The zero-order valence-corrected chi connectivity index (χ0v) is 18.1. The molecule has 1 fully saturated rings. The molecule has 3 atom stereocenters. The maximum Gasteiger partial charge on any atom is 0.254 e. The number of carbonyl (C=O) groups excluding carboxylic acids is 1. The van der Waals surface area contributed by atoms with Gasteiger partial charge >= 0.3 is 0 Å². The maximum atomic E-state index is 13.6. The molecule has 0 spiro atoms. The number of amides is 1. The van der Waals surface area contributed by atoms with Crippen LogP contribution in [0.4, 0.5) is 0 Å². The number of benzene rings is 2. The molecule has 2 unspecified atom stereocenters. The summed E-state index contributed by atoms with van der Waals surface area (Å²) in [6.07, 6.45) is 2.91. The lowest BCUT2D eigenvalue weighted by Gasteiger charge is -2.61. The minimum Gasteiger partial charge on any atom is -0.389 e. The smallest absolute Gasteiger partial charge is 0.254 e. The molecule has 30 heavy (non-hydrogen) atoms. The van der Waals surface area contributed by atoms with E-state index in [0.29, 0.717) is 5.56 Å². The van der Waals surface area contributed by atoms with Gasteiger partial charge in [-0.2, -0.15) is 0 Å². The van der Waals surface area contributed by atoms with Crippen LogP contribution in [-0.4, -0.2) is 38.5 Å². The van der Waals surface area contributed by atoms with E-state index in [1.165, 1.54) is 11.1 Å². The molecule has 2 heterocycles. The number of nitrogens with one attached hydrogen (secondary N) is 1. The molecule has 156 valence electrons. The number of aromatic nitrogens is 2. The number of piperidine rings is 1. The monoisotopic (exact) mass is 403 g/mol. The number of carbonyl (C=O) groups is 1. The molecule has 5 nitrogen and oxygen atoms in total. The van der Waals surface area contributed by atoms with Crippen LogP contribution in [0, 0.1) is 5.41 Å². The Kier molecular flexibility index (Phi) is 4.13. The van der Waals surface area contributed by atoms with Gasteiger partial charge in [-0.05, 0) is 60.1 Å². The van der Waals surface area contributed by atoms with Crippen LogP contribution in [0.3, 0.4) is 0 Å². The van der Waals surface area contributed by atoms with Gasteiger partial charge < -0.3 is 15.0 Å². The third-order valence-electron chi connectivity index (χ3n) is 8.03. The van der Waals surface area contributed by atoms with Gasteiger partial charge in [-0.1, -0.05) is 39.0 Å². The van der Waals surface area contributed by atoms with Gasteiger partial charge in [0.05, 0.1) is 23.5 Å². The maximum absolute atomic E-state index is 13.6. The number of H-pyrrole nitrogens is 1. The fourth-order valence-corrected chi connectivity index (χ4v) is 5.69. The minimum absolute atomic E-state index is 0.00736. The number of imidazole rings is 1. The number of aliphatic hydroxyl groups excluding tert-OH is 1. The van der Waals surface area contributed by atoms with E-state index in [0.717, 1.165) is 36.0 Å². The second-order valence-corrected chi connectivity index (χ2v) is 9.75. The van der Waals surface area contributed by atoms with E-state index in [1.54, 1.807) is 13.3 Å². The third-order valence-corrected chi connectivity index (χ3v) is 8.03. The van der Waals surface area contributed by atoms with Crippen LogP contribution < -0.4 is 0 Å². The summed E-state index contributed by atoms with van der Waals surface area (Å²) in [5, 5.41) is 10.1. The molecule has 1 aliphatic heterocycles. The molecular formula is C25H29N3O2. The van der Waals surface area contributed by atoms with Crippen molar-refractivity contribution >= 4 is 16.9 Å². The highest BCUT2D eigenvalue weighted by Crippen LogP contribution is 2.56. The topological polar surface area (TPSA) is 69.2 Å². The van der Waals surface area contributed by atoms with Crippen LogP contribution in [-0.2, 0) is 11.8 Å². The predicted octanol–water partition coefficient (Wildman–Crippen LogP) is 4.37. The van der Waals surface area contributed by atoms with Crippen LogP contribution in [0.25, 0.3) is 11.0 Å². The average Bonchev–Trinajstić information content (AvgIpc) is 3.17. The molecule has 2 N–H and O–H groups in total. The highest BCUT2D eigenvalue weighted by molar-refractivity contribution is 5.97. The molecule has 0 saturated carbocycles. The zero-order valence-electron chi connectivity index (χ0n) is 18.1. The van der Waals surface area contributed by atoms with Crippen molar-refractivity contribution in [2.75, 3.05) is 6.54 Å². The molecule has 5 rings (SSSR count). The Morgan fingerprint density at radius 3 is 2.80 bits per heavy atom. The highest BCUT2D eigenvalue weighted by Gasteiger charge is 2.56. The lowest BCUT2D eigenvalue weighted by atomic mass is 9.51. The first-order valence-electron chi connectivity index (χ1n) is 10.8. The summed E-state index contributed by atoms with van der Waals surface area (Å²) >= 11 is 0. The summed E-state index contributed by atoms with van der Waals surface area (Å²) in [7, 11) is 0. The molecule has 3 aromatic rings. The molecule has 1 aromatic heterocycles. The Labute approximate surface area is 177 Å². The van der Waals surface area contributed by atoms with Crippen molar-refractivity contribution in [3.63, 3.8) is 0 Å². The van der Waals surface area contributed by atoms with Crippen molar-refractivity contribution < 1.29 is 9.90 Å². The van der Waals surface area contributed by atoms with Crippen molar-refractivity contribution in [2.24, 2.45) is 5.41 Å². The number of aromatic amines is 1. The van der Waals surface area contributed by atoms with E-state index >= 15 is 0 Å². The molecule has 5 heteroatoms. The molecule has 1 saturated heterocycles. The summed E-state index contributed by atoms with van der Waals surface area (Å²) in [5.74, 6) is 0.0850. The summed E-state index contributed by atoms with van der Waals surface area (Å²) in [6.45, 7) is 9.51. The lowest BCUT2D eigenvalue weighted by molar-refractivity contribution is -0.0262. The number of fused-ring (bicyclic) bond motifs is 5. The Bertz CT molecular complexity index is 1150. The number of aliphatic hydroxyl groups is 1. The van der Waals surface area contributed by atoms with Crippen molar-refractivity contribution in [1.29, 1.82) is 0 Å². The van der Waals surface area contributed by atoms with Gasteiger partial charge in [-0.25, -0.2) is 4.98 Å². The molecule has 2 aromatic carbocycles. The predicted molar refractivity (Wildman–Crippen MR) is 117 cm³/mol. The van der Waals surface area contributed by atoms with Gasteiger partial charge in [0.25, 0.3) is 5.91 Å². The normalized spacial score (nSPS) is 25.8. The Morgan fingerprint density at radius 1 is 1.23 bits per heavy atom. The number of hydrogen-bond donors (Lipinski definition) is 2. The van der Waals surface area contributed by atoms with Crippen LogP contribution in [0.15, 0.2) is 42.7 Å². The molecule has 2 aliphatic rings. The third kappa shape index (κ3) is 2.58. The van der Waals surface area contributed by atoms with E-state index in [2.05, 4.69) is 53.8 Å². The Hall–Kier alpha value is -2.66. The summed E-state index contributed by atoms with van der Waals surface area (Å²) in [6, 6.07) is 12.2. The van der Waals surface area contributed by atoms with Crippen molar-refractivity contribution in [2.45, 2.75) is 58.1 Å². The average molecular weight is 404 g/mol. The number of nitrogens with zero attached hydrogens (tertiary/aromatic N) is 2. The second-order valence-electron chi connectivity index (χ2n) is 9.75. The minimum atomic E-state index is -0.489. The van der Waals surface area contributed by atoms with Gasteiger partial charge in [0.1, 0.15) is 0 Å². The highest BCUT2D eigenvalue weighted by atomic mass is 16.3. The van der Waals surface area contributed by atoms with E-state index in [-0.39, 0.29) is 22.8 Å². The fraction of sp³-hybridized carbons (Fsp3) is 0.440. The van der Waals surface area contributed by atoms with E-state index in [1.807, 2.05) is 18.2 Å². The van der Waals surface area contributed by atoms with Crippen molar-refractivity contribution in [1.82, 2.24) is 14.9 Å². The van der Waals surface area contributed by atoms with Gasteiger partial charge in [-0.15, -0.1) is 0 Å². The first-order chi connectivity index (χ1) is 14.2. The number of hydrogen-bond acceptors (Lipinski definition) is 3. The number of likely N-dealkylation sites (tertiary alicyclic amines) is 1. The van der Waals surface area contributed by atoms with Crippen LogP contribution in [0.2, 0.25) is 0 Å². The quantitative estimate of drug-likeness (QED) is 0.668. The number of rotatable bonds is 2. The SMILES string of the molecule is CC(O)c1ccc2c(c1)CC1N(C(=O)c3ccc4nc[nH]c4c3)CC[C@]2(C)C1(C)C. The van der Waals surface area contributed by atoms with Crippen LogP contribution in [0.1, 0.15) is 67.3 Å². The first kappa shape index (κ1) is 19.3. The molecule has 1 amide bonds. The molecule has 2 bridgehead atoms. The standard InChI is InChI=1S/C25H29N3O2/c1-15(29)16-5-7-19-18(11-16)13-22-24(2,3)25(19,4)9-10-28(22)23(30)17-6-8-20-21(12-17)27-14-26-20/h5-8,11-12,14-15,22,29H,9-10,13H2,1-4H3,(H,26,27)/t15?,22?,25-/m0/s1. The van der Waals surface area contributed by atoms with E-state index < -0.39 is 6.10 Å². The summed E-state index contributed by atoms with van der Waals surface area (Å²) in [4.78, 5) is 23.0. The molecular weight excluding hydrogens is 374 g/mol. The van der Waals surface area contributed by atoms with Gasteiger partial charge in [0, 0.05) is 23.6 Å². The Balaban J connectivity index is 1.56. The zero-order chi connectivity index (χ0) is 21.3.